The summed E-state index contributed by atoms with van der Waals surface area (Å²) >= 11 is 1.34. The van der Waals surface area contributed by atoms with Gasteiger partial charge in [0.1, 0.15) is 9.71 Å². The number of carbonyl (C=O) groups is 1. The Kier molecular flexibility index (Phi) is 5.14. The summed E-state index contributed by atoms with van der Waals surface area (Å²) in [6.07, 6.45) is 2.52. The Balaban J connectivity index is 2.13. The second-order valence-corrected chi connectivity index (χ2v) is 6.14. The number of nitrogens with one attached hydrogen (secondary N) is 1. The van der Waals surface area contributed by atoms with Crippen molar-refractivity contribution >= 4 is 33.1 Å². The molecule has 2 aromatic heterocycles. The topological polar surface area (TPSA) is 88.2 Å². The first kappa shape index (κ1) is 15.7. The van der Waals surface area contributed by atoms with Crippen molar-refractivity contribution in [3.8, 4) is 0 Å². The molecule has 2 aromatic rings. The second kappa shape index (κ2) is 6.87. The number of carbonyl (C=O) groups excluding carboxylic acids is 1. The van der Waals surface area contributed by atoms with E-state index in [2.05, 4.69) is 10.3 Å². The Hall–Kier alpha value is -1.66. The molecule has 4 N–H and O–H groups in total. The molecule has 5 nitrogen and oxygen atoms in total. The molecule has 0 saturated carbocycles. The highest BCUT2D eigenvalue weighted by atomic mass is 32.1. The molecule has 0 atom stereocenters. The molecule has 0 spiro atoms. The highest BCUT2D eigenvalue weighted by Crippen LogP contribution is 2.34. The van der Waals surface area contributed by atoms with Gasteiger partial charge >= 0.3 is 0 Å². The lowest BCUT2D eigenvalue weighted by atomic mass is 10.1. The van der Waals surface area contributed by atoms with Gasteiger partial charge in [-0.05, 0) is 44.7 Å². The minimum atomic E-state index is -0.142. The van der Waals surface area contributed by atoms with Crippen LogP contribution in [0.15, 0.2) is 6.07 Å². The van der Waals surface area contributed by atoms with Crippen molar-refractivity contribution in [2.24, 2.45) is 0 Å². The van der Waals surface area contributed by atoms with Gasteiger partial charge in [-0.1, -0.05) is 0 Å². The number of hydrogen-bond donors (Lipinski definition) is 3. The zero-order valence-electron chi connectivity index (χ0n) is 12.4. The standard InChI is InChI=1S/C15H21N3O2S/c1-9-8-10(2)18-15-11(9)12(16)13(21-15)14(20)17-6-4-3-5-7-19/h8,19H,3-7,16H2,1-2H3,(H,17,20). The number of aromatic nitrogens is 1. The highest BCUT2D eigenvalue weighted by molar-refractivity contribution is 7.21. The molecule has 0 radical (unpaired) electrons. The van der Waals surface area contributed by atoms with Crippen LogP contribution in [0.5, 0.6) is 0 Å². The van der Waals surface area contributed by atoms with Crippen molar-refractivity contribution in [1.29, 1.82) is 0 Å². The summed E-state index contributed by atoms with van der Waals surface area (Å²) < 4.78 is 0. The van der Waals surface area contributed by atoms with Crippen LogP contribution in [0.3, 0.4) is 0 Å². The molecule has 6 heteroatoms. The van der Waals surface area contributed by atoms with Gasteiger partial charge in [-0.2, -0.15) is 0 Å². The van der Waals surface area contributed by atoms with Crippen LogP contribution in [0.1, 0.15) is 40.2 Å². The molecule has 2 heterocycles. The average Bonchev–Trinajstić information content (AvgIpc) is 2.75. The van der Waals surface area contributed by atoms with Crippen LogP contribution in [-0.2, 0) is 0 Å². The molecule has 0 aliphatic heterocycles. The van der Waals surface area contributed by atoms with Gasteiger partial charge < -0.3 is 16.2 Å². The van der Waals surface area contributed by atoms with Crippen molar-refractivity contribution < 1.29 is 9.90 Å². The molecule has 0 aliphatic carbocycles. The summed E-state index contributed by atoms with van der Waals surface area (Å²) in [6, 6.07) is 1.97. The van der Waals surface area contributed by atoms with Crippen molar-refractivity contribution in [2.45, 2.75) is 33.1 Å². The van der Waals surface area contributed by atoms with Gasteiger partial charge in [0.2, 0.25) is 0 Å². The fraction of sp³-hybridized carbons (Fsp3) is 0.467. The van der Waals surface area contributed by atoms with E-state index in [1.165, 1.54) is 11.3 Å². The van der Waals surface area contributed by atoms with E-state index in [-0.39, 0.29) is 12.5 Å². The van der Waals surface area contributed by atoms with Crippen molar-refractivity contribution in [3.63, 3.8) is 0 Å². The summed E-state index contributed by atoms with van der Waals surface area (Å²) in [7, 11) is 0. The smallest absolute Gasteiger partial charge is 0.263 e. The van der Waals surface area contributed by atoms with Crippen LogP contribution in [0.25, 0.3) is 10.2 Å². The molecule has 0 aromatic carbocycles. The lowest BCUT2D eigenvalue weighted by molar-refractivity contribution is 0.0957. The van der Waals surface area contributed by atoms with Gasteiger partial charge in [0.05, 0.1) is 5.69 Å². The van der Waals surface area contributed by atoms with Crippen LogP contribution in [0, 0.1) is 13.8 Å². The maximum atomic E-state index is 12.2. The number of aryl methyl sites for hydroxylation is 2. The SMILES string of the molecule is Cc1cc(C)c2c(N)c(C(=O)NCCCCCO)sc2n1. The summed E-state index contributed by atoms with van der Waals surface area (Å²) in [4.78, 5) is 18.0. The highest BCUT2D eigenvalue weighted by Gasteiger charge is 2.18. The number of nitrogens with two attached hydrogens (primary N) is 1. The Morgan fingerprint density at radius 3 is 2.86 bits per heavy atom. The Morgan fingerprint density at radius 2 is 2.14 bits per heavy atom. The van der Waals surface area contributed by atoms with Gasteiger partial charge in [0, 0.05) is 24.2 Å². The van der Waals surface area contributed by atoms with Gasteiger partial charge in [0.15, 0.2) is 0 Å². The predicted octanol–water partition coefficient (Wildman–Crippen LogP) is 2.39. The molecule has 0 saturated heterocycles. The number of unbranched alkanes of at least 4 members (excludes halogenated alkanes) is 2. The molecule has 0 fully saturated rings. The fourth-order valence-electron chi connectivity index (χ4n) is 2.33. The number of thiophene rings is 1. The monoisotopic (exact) mass is 307 g/mol. The summed E-state index contributed by atoms with van der Waals surface area (Å²) in [5.74, 6) is -0.142. The van der Waals surface area contributed by atoms with E-state index in [9.17, 15) is 4.79 Å². The Bertz CT molecular complexity index is 652. The van der Waals surface area contributed by atoms with E-state index in [1.54, 1.807) is 0 Å². The lowest BCUT2D eigenvalue weighted by Gasteiger charge is -2.04. The number of nitrogen functional groups attached to an aromatic ring is 1. The maximum Gasteiger partial charge on any atom is 0.263 e. The molecule has 0 unspecified atom stereocenters. The maximum absolute atomic E-state index is 12.2. The minimum Gasteiger partial charge on any atom is -0.397 e. The molecule has 0 bridgehead atoms. The largest absolute Gasteiger partial charge is 0.397 e. The molecular formula is C15H21N3O2S. The van der Waals surface area contributed by atoms with Crippen LogP contribution < -0.4 is 11.1 Å². The van der Waals surface area contributed by atoms with Gasteiger partial charge in [0.25, 0.3) is 5.91 Å². The van der Waals surface area contributed by atoms with E-state index < -0.39 is 0 Å². The Labute approximate surface area is 128 Å². The number of nitrogens with zero attached hydrogens (tertiary/aromatic N) is 1. The van der Waals surface area contributed by atoms with E-state index in [0.29, 0.717) is 17.1 Å². The number of aliphatic hydroxyl groups is 1. The zero-order chi connectivity index (χ0) is 15.4. The van der Waals surface area contributed by atoms with E-state index in [4.69, 9.17) is 10.8 Å². The minimum absolute atomic E-state index is 0.142. The number of aliphatic hydroxyl groups excluding tert-OH is 1. The quantitative estimate of drug-likeness (QED) is 0.715. The molecule has 2 rings (SSSR count). The van der Waals surface area contributed by atoms with Crippen LogP contribution in [0.2, 0.25) is 0 Å². The first-order chi connectivity index (χ1) is 10.0. The summed E-state index contributed by atoms with van der Waals surface area (Å²) in [6.45, 7) is 4.71. The fourth-order valence-corrected chi connectivity index (χ4v) is 3.47. The number of fused-ring (bicyclic) bond motifs is 1. The van der Waals surface area contributed by atoms with Crippen LogP contribution >= 0.6 is 11.3 Å². The number of anilines is 1. The third-order valence-corrected chi connectivity index (χ3v) is 4.45. The molecular weight excluding hydrogens is 286 g/mol. The van der Waals surface area contributed by atoms with E-state index >= 15 is 0 Å². The number of pyridine rings is 1. The van der Waals surface area contributed by atoms with Crippen LogP contribution in [0.4, 0.5) is 5.69 Å². The van der Waals surface area contributed by atoms with Crippen molar-refractivity contribution in [1.82, 2.24) is 10.3 Å². The van der Waals surface area contributed by atoms with E-state index in [0.717, 1.165) is 40.7 Å². The number of amides is 1. The number of rotatable bonds is 6. The lowest BCUT2D eigenvalue weighted by Crippen LogP contribution is -2.24. The molecule has 0 aliphatic rings. The predicted molar refractivity (Wildman–Crippen MR) is 86.8 cm³/mol. The number of hydrogen-bond acceptors (Lipinski definition) is 5. The van der Waals surface area contributed by atoms with E-state index in [1.807, 2.05) is 19.9 Å². The third kappa shape index (κ3) is 3.51. The Morgan fingerprint density at radius 1 is 1.38 bits per heavy atom. The zero-order valence-corrected chi connectivity index (χ0v) is 13.2. The van der Waals surface area contributed by atoms with Crippen molar-refractivity contribution in [3.05, 3.63) is 22.2 Å². The summed E-state index contributed by atoms with van der Waals surface area (Å²) in [5, 5.41) is 12.5. The van der Waals surface area contributed by atoms with Crippen LogP contribution in [-0.4, -0.2) is 29.1 Å². The normalized spacial score (nSPS) is 11.0. The van der Waals surface area contributed by atoms with Gasteiger partial charge in [-0.25, -0.2) is 4.98 Å². The second-order valence-electron chi connectivity index (χ2n) is 5.15. The first-order valence-corrected chi connectivity index (χ1v) is 7.91. The third-order valence-electron chi connectivity index (χ3n) is 3.35. The van der Waals surface area contributed by atoms with Crippen molar-refractivity contribution in [2.75, 3.05) is 18.9 Å². The van der Waals surface area contributed by atoms with Gasteiger partial charge in [-0.3, -0.25) is 4.79 Å². The molecule has 21 heavy (non-hydrogen) atoms. The molecule has 114 valence electrons. The van der Waals surface area contributed by atoms with Gasteiger partial charge in [-0.15, -0.1) is 11.3 Å². The summed E-state index contributed by atoms with van der Waals surface area (Å²) in [5.41, 5.74) is 8.62. The molecule has 1 amide bonds. The first-order valence-electron chi connectivity index (χ1n) is 7.10. The average molecular weight is 307 g/mol.